The highest BCUT2D eigenvalue weighted by atomic mass is 16.3. The van der Waals surface area contributed by atoms with Crippen LogP contribution in [-0.4, -0.2) is 0 Å². The predicted molar refractivity (Wildman–Crippen MR) is 277 cm³/mol. The molecule has 0 radical (unpaired) electrons. The molecular formula is C64H53NO. The first-order valence-electron chi connectivity index (χ1n) is 23.7. The third kappa shape index (κ3) is 5.13. The number of hydrogen-bond acceptors (Lipinski definition) is 2. The minimum Gasteiger partial charge on any atom is -0.454 e. The second kappa shape index (κ2) is 13.2. The minimum absolute atomic E-state index is 0.0315. The summed E-state index contributed by atoms with van der Waals surface area (Å²) >= 11 is 0. The van der Waals surface area contributed by atoms with E-state index in [4.69, 9.17) is 4.42 Å². The molecule has 0 aliphatic heterocycles. The quantitative estimate of drug-likeness (QED) is 0.176. The summed E-state index contributed by atoms with van der Waals surface area (Å²) in [5, 5.41) is 4.64. The van der Waals surface area contributed by atoms with Crippen molar-refractivity contribution in [1.82, 2.24) is 0 Å². The van der Waals surface area contributed by atoms with Crippen LogP contribution in [-0.2, 0) is 21.7 Å². The van der Waals surface area contributed by atoms with Crippen LogP contribution in [0.15, 0.2) is 180 Å². The van der Waals surface area contributed by atoms with Crippen LogP contribution in [0.2, 0.25) is 0 Å². The van der Waals surface area contributed by atoms with Gasteiger partial charge in [-0.05, 0) is 124 Å². The van der Waals surface area contributed by atoms with Crippen molar-refractivity contribution in [3.63, 3.8) is 0 Å². The molecule has 2 heteroatoms. The summed E-state index contributed by atoms with van der Waals surface area (Å²) < 4.78 is 7.12. The number of benzene rings is 9. The maximum absolute atomic E-state index is 7.12. The lowest BCUT2D eigenvalue weighted by molar-refractivity contribution is 0.586. The summed E-state index contributed by atoms with van der Waals surface area (Å²) in [6.45, 7) is 18.8. The van der Waals surface area contributed by atoms with Crippen molar-refractivity contribution < 1.29 is 4.42 Å². The Labute approximate surface area is 388 Å². The molecule has 0 saturated heterocycles. The summed E-state index contributed by atoms with van der Waals surface area (Å²) in [4.78, 5) is 2.54. The van der Waals surface area contributed by atoms with E-state index in [1.807, 2.05) is 0 Å². The summed E-state index contributed by atoms with van der Waals surface area (Å²) in [7, 11) is 0. The van der Waals surface area contributed by atoms with Gasteiger partial charge in [-0.15, -0.1) is 0 Å². The monoisotopic (exact) mass is 851 g/mol. The molecule has 1 heterocycles. The molecular weight excluding hydrogens is 799 g/mol. The van der Waals surface area contributed by atoms with E-state index in [0.29, 0.717) is 0 Å². The molecule has 0 fully saturated rings. The molecule has 3 aliphatic rings. The number of hydrogen-bond donors (Lipinski definition) is 0. The average molecular weight is 852 g/mol. The molecule has 3 aliphatic carbocycles. The summed E-state index contributed by atoms with van der Waals surface area (Å²) in [5.74, 6) is 0. The van der Waals surface area contributed by atoms with Gasteiger partial charge in [-0.25, -0.2) is 0 Å². The van der Waals surface area contributed by atoms with E-state index in [-0.39, 0.29) is 16.2 Å². The van der Waals surface area contributed by atoms with Crippen LogP contribution < -0.4 is 4.90 Å². The number of anilines is 3. The first-order chi connectivity index (χ1) is 31.8. The smallest absolute Gasteiger partial charge is 0.160 e. The Morgan fingerprint density at radius 1 is 0.424 bits per heavy atom. The fourth-order valence-electron chi connectivity index (χ4n) is 12.3. The van der Waals surface area contributed by atoms with Gasteiger partial charge in [-0.3, -0.25) is 0 Å². The van der Waals surface area contributed by atoms with Crippen molar-refractivity contribution >= 4 is 49.8 Å². The van der Waals surface area contributed by atoms with Crippen molar-refractivity contribution in [1.29, 1.82) is 0 Å². The maximum atomic E-state index is 7.12. The lowest BCUT2D eigenvalue weighted by Crippen LogP contribution is -2.27. The summed E-state index contributed by atoms with van der Waals surface area (Å²) in [6, 6.07) is 66.9. The second-order valence-electron chi connectivity index (χ2n) is 21.7. The Morgan fingerprint density at radius 2 is 0.985 bits per heavy atom. The highest BCUT2D eigenvalue weighted by Crippen LogP contribution is 2.66. The van der Waals surface area contributed by atoms with E-state index in [2.05, 4.69) is 236 Å². The first-order valence-corrected chi connectivity index (χ1v) is 23.7. The summed E-state index contributed by atoms with van der Waals surface area (Å²) in [6.07, 6.45) is 0. The van der Waals surface area contributed by atoms with Gasteiger partial charge >= 0.3 is 0 Å². The third-order valence-corrected chi connectivity index (χ3v) is 15.6. The Bertz CT molecular complexity index is 3650. The van der Waals surface area contributed by atoms with Crippen molar-refractivity contribution in [2.45, 2.75) is 77.0 Å². The highest BCUT2D eigenvalue weighted by Gasteiger charge is 2.53. The predicted octanol–water partition coefficient (Wildman–Crippen LogP) is 17.5. The minimum atomic E-state index is -0.541. The van der Waals surface area contributed by atoms with E-state index in [1.54, 1.807) is 0 Å². The van der Waals surface area contributed by atoms with E-state index in [0.717, 1.165) is 39.0 Å². The zero-order valence-corrected chi connectivity index (χ0v) is 39.1. The van der Waals surface area contributed by atoms with Crippen molar-refractivity contribution in [2.24, 2.45) is 0 Å². The normalized spacial score (nSPS) is 14.9. The van der Waals surface area contributed by atoms with Gasteiger partial charge in [0.25, 0.3) is 0 Å². The number of nitrogens with zero attached hydrogens (tertiary/aromatic N) is 1. The van der Waals surface area contributed by atoms with Gasteiger partial charge in [-0.2, -0.15) is 0 Å². The van der Waals surface area contributed by atoms with Gasteiger partial charge < -0.3 is 9.32 Å². The zero-order valence-electron chi connectivity index (χ0n) is 39.1. The van der Waals surface area contributed by atoms with Gasteiger partial charge in [-0.1, -0.05) is 201 Å². The fraction of sp³-hybridized carbons (Fsp3) is 0.188. The Hall–Kier alpha value is -7.16. The molecule has 13 rings (SSSR count). The van der Waals surface area contributed by atoms with Gasteiger partial charge in [0, 0.05) is 27.4 Å². The van der Waals surface area contributed by atoms with Crippen LogP contribution in [0.5, 0.6) is 0 Å². The van der Waals surface area contributed by atoms with E-state index in [9.17, 15) is 0 Å². The number of furan rings is 1. The molecule has 66 heavy (non-hydrogen) atoms. The maximum Gasteiger partial charge on any atom is 0.160 e. The first kappa shape index (κ1) is 39.2. The fourth-order valence-corrected chi connectivity index (χ4v) is 12.3. The molecule has 0 unspecified atom stereocenters. The topological polar surface area (TPSA) is 16.4 Å². The largest absolute Gasteiger partial charge is 0.454 e. The number of fused-ring (bicyclic) bond motifs is 18. The van der Waals surface area contributed by atoms with Crippen LogP contribution >= 0.6 is 0 Å². The molecule has 0 N–H and O–H groups in total. The molecule has 1 spiro atoms. The van der Waals surface area contributed by atoms with E-state index in [1.165, 1.54) is 88.7 Å². The number of para-hydroxylation sites is 1. The van der Waals surface area contributed by atoms with Crippen LogP contribution in [0.25, 0.3) is 66.1 Å². The standard InChI is InChI=1S/C64H53NO/c1-61(2,3)39-28-31-45-46-32-29-40(62(4,5)6)36-54(46)64(53(45)35-39)50-24-15-12-21-47(50)59-51(64)25-17-26-55(59)65(41-30-33-44-43-20-11-14-23-49(43)63(7,8)52(44)37-41)56-34-38-18-9-10-19-42(38)58-48-22-13-16-27-57(48)66-60(56)58/h9-37H,1-8H3. The number of rotatable bonds is 3. The SMILES string of the molecule is CC(C)(C)c1ccc2c(c1)C1(c3cc(C(C)(C)C)ccc3-2)c2ccccc2-c2c(N(c3ccc4c(c3)C(C)(C)c3ccccc3-4)c3cc4ccccc4c4c3oc3ccccc34)cccc21. The van der Waals surface area contributed by atoms with Gasteiger partial charge in [0.1, 0.15) is 5.58 Å². The lowest BCUT2D eigenvalue weighted by Gasteiger charge is -2.33. The second-order valence-corrected chi connectivity index (χ2v) is 21.7. The molecule has 10 aromatic rings. The molecule has 1 aromatic heterocycles. The Balaban J connectivity index is 1.17. The average Bonchev–Trinajstić information content (AvgIpc) is 4.01. The van der Waals surface area contributed by atoms with Gasteiger partial charge in [0.15, 0.2) is 5.58 Å². The molecule has 320 valence electrons. The Morgan fingerprint density at radius 3 is 1.70 bits per heavy atom. The van der Waals surface area contributed by atoms with Crippen molar-refractivity contribution in [3.8, 4) is 33.4 Å². The third-order valence-electron chi connectivity index (χ3n) is 15.6. The van der Waals surface area contributed by atoms with Crippen LogP contribution in [0, 0.1) is 0 Å². The molecule has 0 atom stereocenters. The zero-order chi connectivity index (χ0) is 45.1. The molecule has 2 nitrogen and oxygen atoms in total. The van der Waals surface area contributed by atoms with Crippen molar-refractivity contribution in [2.75, 3.05) is 4.90 Å². The van der Waals surface area contributed by atoms with Gasteiger partial charge in [0.2, 0.25) is 0 Å². The molecule has 0 saturated carbocycles. The molecule has 9 aromatic carbocycles. The summed E-state index contributed by atoms with van der Waals surface area (Å²) in [5.41, 5.74) is 22.8. The highest BCUT2D eigenvalue weighted by molar-refractivity contribution is 6.23. The Kier molecular flexibility index (Phi) is 7.86. The molecule has 0 amide bonds. The van der Waals surface area contributed by atoms with E-state index < -0.39 is 5.41 Å². The van der Waals surface area contributed by atoms with Crippen LogP contribution in [0.4, 0.5) is 17.1 Å². The van der Waals surface area contributed by atoms with Crippen molar-refractivity contribution in [3.05, 3.63) is 220 Å². The van der Waals surface area contributed by atoms with E-state index >= 15 is 0 Å². The van der Waals surface area contributed by atoms with Crippen LogP contribution in [0.1, 0.15) is 99.9 Å². The van der Waals surface area contributed by atoms with Gasteiger partial charge in [0.05, 0.1) is 16.8 Å². The van der Waals surface area contributed by atoms with Crippen LogP contribution in [0.3, 0.4) is 0 Å². The molecule has 0 bridgehead atoms. The lowest BCUT2D eigenvalue weighted by atomic mass is 9.69.